The number of aryl methyl sites for hydroxylation is 1. The van der Waals surface area contributed by atoms with Crippen molar-refractivity contribution in [1.29, 1.82) is 0 Å². The highest BCUT2D eigenvalue weighted by Gasteiger charge is 2.25. The lowest BCUT2D eigenvalue weighted by atomic mass is 9.86. The van der Waals surface area contributed by atoms with Crippen LogP contribution in [0, 0.1) is 0 Å². The van der Waals surface area contributed by atoms with Crippen molar-refractivity contribution >= 4 is 5.69 Å². The van der Waals surface area contributed by atoms with Crippen molar-refractivity contribution in [2.75, 3.05) is 11.4 Å². The van der Waals surface area contributed by atoms with Gasteiger partial charge >= 0.3 is 0 Å². The number of rotatable bonds is 3. The van der Waals surface area contributed by atoms with E-state index in [9.17, 15) is 0 Å². The van der Waals surface area contributed by atoms with Crippen LogP contribution in [-0.2, 0) is 7.05 Å². The molecule has 3 nitrogen and oxygen atoms in total. The summed E-state index contributed by atoms with van der Waals surface area (Å²) in [5.74, 6) is 0.687. The maximum Gasteiger partial charge on any atom is 0.0568 e. The van der Waals surface area contributed by atoms with E-state index in [1.54, 1.807) is 0 Å². The van der Waals surface area contributed by atoms with Crippen molar-refractivity contribution in [3.8, 4) is 11.1 Å². The number of anilines is 1. The van der Waals surface area contributed by atoms with Gasteiger partial charge in [0.15, 0.2) is 0 Å². The molecule has 3 rings (SSSR count). The fourth-order valence-corrected chi connectivity index (χ4v) is 3.42. The van der Waals surface area contributed by atoms with Crippen LogP contribution < -0.4 is 4.90 Å². The number of benzene rings is 1. The summed E-state index contributed by atoms with van der Waals surface area (Å²) in [7, 11) is 1.97. The van der Waals surface area contributed by atoms with Gasteiger partial charge in [0.2, 0.25) is 0 Å². The molecular formula is C18H25N3. The van der Waals surface area contributed by atoms with Gasteiger partial charge in [0, 0.05) is 37.1 Å². The van der Waals surface area contributed by atoms with Crippen molar-refractivity contribution in [3.05, 3.63) is 36.2 Å². The standard InChI is InChI=1S/C18H25N3/c1-5-14-8-9-21(13(2)3)18-7-6-15(10-17(14)18)16-11-19-20(4)12-16/h6-7,10-14H,5,8-9H2,1-4H3/t14-/m1/s1. The Bertz CT molecular complexity index is 627. The normalized spacial score (nSPS) is 18.1. The fourth-order valence-electron chi connectivity index (χ4n) is 3.42. The summed E-state index contributed by atoms with van der Waals surface area (Å²) in [6.07, 6.45) is 6.52. The minimum absolute atomic E-state index is 0.561. The summed E-state index contributed by atoms with van der Waals surface area (Å²) in [6.45, 7) is 8.04. The van der Waals surface area contributed by atoms with E-state index in [2.05, 4.69) is 55.2 Å². The van der Waals surface area contributed by atoms with E-state index < -0.39 is 0 Å². The van der Waals surface area contributed by atoms with E-state index in [0.717, 1.165) is 0 Å². The summed E-state index contributed by atoms with van der Waals surface area (Å²) in [5, 5.41) is 4.29. The van der Waals surface area contributed by atoms with Crippen LogP contribution in [0.3, 0.4) is 0 Å². The molecular weight excluding hydrogens is 258 g/mol. The molecule has 0 radical (unpaired) electrons. The molecule has 0 saturated carbocycles. The van der Waals surface area contributed by atoms with Crippen LogP contribution in [0.4, 0.5) is 5.69 Å². The predicted molar refractivity (Wildman–Crippen MR) is 88.8 cm³/mol. The second kappa shape index (κ2) is 5.55. The van der Waals surface area contributed by atoms with Gasteiger partial charge in [-0.25, -0.2) is 0 Å². The Kier molecular flexibility index (Phi) is 3.75. The first kappa shape index (κ1) is 14.2. The number of fused-ring (bicyclic) bond motifs is 1. The molecule has 0 aliphatic carbocycles. The fraction of sp³-hybridized carbons (Fsp3) is 0.500. The lowest BCUT2D eigenvalue weighted by Gasteiger charge is -2.38. The largest absolute Gasteiger partial charge is 0.369 e. The minimum Gasteiger partial charge on any atom is -0.369 e. The molecule has 0 amide bonds. The first-order chi connectivity index (χ1) is 10.1. The van der Waals surface area contributed by atoms with Crippen LogP contribution in [0.1, 0.15) is 45.1 Å². The lowest BCUT2D eigenvalue weighted by molar-refractivity contribution is 0.536. The summed E-state index contributed by atoms with van der Waals surface area (Å²) in [5.41, 5.74) is 5.43. The quantitative estimate of drug-likeness (QED) is 0.842. The van der Waals surface area contributed by atoms with Gasteiger partial charge < -0.3 is 4.90 Å². The Hall–Kier alpha value is -1.77. The van der Waals surface area contributed by atoms with Crippen molar-refractivity contribution in [2.45, 2.75) is 45.6 Å². The Morgan fingerprint density at radius 2 is 2.10 bits per heavy atom. The van der Waals surface area contributed by atoms with Gasteiger partial charge in [-0.15, -0.1) is 0 Å². The molecule has 0 spiro atoms. The number of hydrogen-bond donors (Lipinski definition) is 0. The molecule has 3 heteroatoms. The molecule has 21 heavy (non-hydrogen) atoms. The van der Waals surface area contributed by atoms with E-state index in [1.807, 2.05) is 17.9 Å². The smallest absolute Gasteiger partial charge is 0.0568 e. The zero-order valence-electron chi connectivity index (χ0n) is 13.5. The van der Waals surface area contributed by atoms with Gasteiger partial charge in [0.25, 0.3) is 0 Å². The monoisotopic (exact) mass is 283 g/mol. The molecule has 1 aliphatic rings. The van der Waals surface area contributed by atoms with E-state index in [-0.39, 0.29) is 0 Å². The summed E-state index contributed by atoms with van der Waals surface area (Å²) >= 11 is 0. The van der Waals surface area contributed by atoms with Crippen LogP contribution in [0.2, 0.25) is 0 Å². The zero-order valence-corrected chi connectivity index (χ0v) is 13.5. The van der Waals surface area contributed by atoms with Gasteiger partial charge in [-0.05, 0) is 55.9 Å². The Morgan fingerprint density at radius 1 is 1.29 bits per heavy atom. The van der Waals surface area contributed by atoms with Crippen LogP contribution in [0.15, 0.2) is 30.6 Å². The van der Waals surface area contributed by atoms with Gasteiger partial charge in [-0.2, -0.15) is 5.10 Å². The highest BCUT2D eigenvalue weighted by atomic mass is 15.2. The minimum atomic E-state index is 0.561. The summed E-state index contributed by atoms with van der Waals surface area (Å²) in [6, 6.07) is 7.49. The number of hydrogen-bond acceptors (Lipinski definition) is 2. The Morgan fingerprint density at radius 3 is 2.71 bits per heavy atom. The second-order valence-electron chi connectivity index (χ2n) is 6.36. The lowest BCUT2D eigenvalue weighted by Crippen LogP contribution is -2.36. The molecule has 2 aromatic rings. The van der Waals surface area contributed by atoms with Crippen LogP contribution >= 0.6 is 0 Å². The molecule has 112 valence electrons. The molecule has 0 saturated heterocycles. The highest BCUT2D eigenvalue weighted by molar-refractivity contribution is 5.69. The Balaban J connectivity index is 2.05. The number of nitrogens with zero attached hydrogens (tertiary/aromatic N) is 3. The molecule has 2 heterocycles. The van der Waals surface area contributed by atoms with E-state index in [0.29, 0.717) is 12.0 Å². The van der Waals surface area contributed by atoms with E-state index in [4.69, 9.17) is 0 Å². The molecule has 1 atom stereocenters. The van der Waals surface area contributed by atoms with E-state index in [1.165, 1.54) is 41.8 Å². The van der Waals surface area contributed by atoms with Crippen LogP contribution in [0.5, 0.6) is 0 Å². The van der Waals surface area contributed by atoms with Crippen molar-refractivity contribution < 1.29 is 0 Å². The predicted octanol–water partition coefficient (Wildman–Crippen LogP) is 4.20. The second-order valence-corrected chi connectivity index (χ2v) is 6.36. The average Bonchev–Trinajstić information content (AvgIpc) is 2.91. The van der Waals surface area contributed by atoms with Gasteiger partial charge in [0.05, 0.1) is 6.20 Å². The SMILES string of the molecule is CC[C@@H]1CCN(C(C)C)c2ccc(-c3cnn(C)c3)cc21. The first-order valence-corrected chi connectivity index (χ1v) is 7.99. The zero-order chi connectivity index (χ0) is 15.0. The maximum atomic E-state index is 4.29. The third-order valence-electron chi connectivity index (χ3n) is 4.65. The third-order valence-corrected chi connectivity index (χ3v) is 4.65. The molecule has 1 aromatic carbocycles. The molecule has 1 aromatic heterocycles. The van der Waals surface area contributed by atoms with Crippen LogP contribution in [-0.4, -0.2) is 22.4 Å². The molecule has 0 unspecified atom stereocenters. The number of aromatic nitrogens is 2. The Labute approximate surface area is 127 Å². The average molecular weight is 283 g/mol. The molecule has 0 fully saturated rings. The summed E-state index contributed by atoms with van der Waals surface area (Å²) in [4.78, 5) is 2.54. The first-order valence-electron chi connectivity index (χ1n) is 7.99. The van der Waals surface area contributed by atoms with Gasteiger partial charge in [0.1, 0.15) is 0 Å². The molecule has 1 aliphatic heterocycles. The van der Waals surface area contributed by atoms with E-state index >= 15 is 0 Å². The maximum absolute atomic E-state index is 4.29. The highest BCUT2D eigenvalue weighted by Crippen LogP contribution is 2.40. The summed E-state index contributed by atoms with van der Waals surface area (Å²) < 4.78 is 1.87. The van der Waals surface area contributed by atoms with Crippen molar-refractivity contribution in [1.82, 2.24) is 9.78 Å². The topological polar surface area (TPSA) is 21.1 Å². The third kappa shape index (κ3) is 2.57. The van der Waals surface area contributed by atoms with Gasteiger partial charge in [-0.3, -0.25) is 4.68 Å². The van der Waals surface area contributed by atoms with Crippen molar-refractivity contribution in [2.24, 2.45) is 7.05 Å². The van der Waals surface area contributed by atoms with Gasteiger partial charge in [-0.1, -0.05) is 13.0 Å². The molecule has 0 bridgehead atoms. The van der Waals surface area contributed by atoms with Crippen LogP contribution in [0.25, 0.3) is 11.1 Å². The molecule has 0 N–H and O–H groups in total. The van der Waals surface area contributed by atoms with Crippen molar-refractivity contribution in [3.63, 3.8) is 0 Å².